The lowest BCUT2D eigenvalue weighted by atomic mass is 9.87. The molecule has 0 bridgehead atoms. The molecule has 4 N–H and O–H groups in total. The monoisotopic (exact) mass is 306 g/mol. The third-order valence-electron chi connectivity index (χ3n) is 4.90. The molecule has 0 saturated heterocycles. The van der Waals surface area contributed by atoms with Gasteiger partial charge in [-0.1, -0.05) is 0 Å². The van der Waals surface area contributed by atoms with Crippen LogP contribution >= 0.6 is 0 Å². The molecule has 0 spiro atoms. The lowest BCUT2D eigenvalue weighted by Gasteiger charge is -2.38. The number of rotatable bonds is 6. The van der Waals surface area contributed by atoms with Crippen molar-refractivity contribution in [1.82, 2.24) is 5.32 Å². The average Bonchev–Trinajstić information content (AvgIpc) is 2.50. The molecule has 124 valence electrons. The summed E-state index contributed by atoms with van der Waals surface area (Å²) < 4.78 is 6.38. The van der Waals surface area contributed by atoms with Crippen molar-refractivity contribution in [1.29, 1.82) is 0 Å². The fraction of sp³-hybridized carbons (Fsp3) is 0.667. The zero-order chi connectivity index (χ0) is 16.3. The molecule has 1 aromatic carbocycles. The third kappa shape index (κ3) is 3.39. The van der Waals surface area contributed by atoms with Gasteiger partial charge in [-0.15, -0.1) is 0 Å². The minimum Gasteiger partial charge on any atom is -0.507 e. The summed E-state index contributed by atoms with van der Waals surface area (Å²) in [4.78, 5) is 0. The Labute approximate surface area is 134 Å². The molecule has 1 unspecified atom stereocenters. The molecule has 0 amide bonds. The Morgan fingerprint density at radius 1 is 1.18 bits per heavy atom. The van der Waals surface area contributed by atoms with Crippen molar-refractivity contribution in [3.05, 3.63) is 22.3 Å². The summed E-state index contributed by atoms with van der Waals surface area (Å²) in [6, 6.07) is 0. The first-order valence-electron chi connectivity index (χ1n) is 8.31. The quantitative estimate of drug-likeness (QED) is 0.707. The van der Waals surface area contributed by atoms with Gasteiger partial charge in [0.15, 0.2) is 0 Å². The van der Waals surface area contributed by atoms with Crippen molar-refractivity contribution in [2.45, 2.75) is 59.0 Å². The molecule has 0 fully saturated rings. The highest BCUT2D eigenvalue weighted by atomic mass is 16.5. The van der Waals surface area contributed by atoms with Crippen LogP contribution in [0.2, 0.25) is 0 Å². The molecule has 0 aliphatic carbocycles. The molecular formula is C18H30N2O2. The van der Waals surface area contributed by atoms with E-state index in [-0.39, 0.29) is 5.60 Å². The first-order valence-corrected chi connectivity index (χ1v) is 8.31. The van der Waals surface area contributed by atoms with E-state index >= 15 is 0 Å². The summed E-state index contributed by atoms with van der Waals surface area (Å²) in [7, 11) is 0. The number of aromatic hydroxyl groups is 1. The van der Waals surface area contributed by atoms with Crippen LogP contribution in [0.5, 0.6) is 11.5 Å². The van der Waals surface area contributed by atoms with E-state index in [4.69, 9.17) is 10.5 Å². The summed E-state index contributed by atoms with van der Waals surface area (Å²) in [6.07, 6.45) is 4.09. The van der Waals surface area contributed by atoms with Gasteiger partial charge in [0.2, 0.25) is 0 Å². The van der Waals surface area contributed by atoms with Crippen LogP contribution in [0, 0.1) is 20.8 Å². The lowest BCUT2D eigenvalue weighted by Crippen LogP contribution is -2.46. The molecule has 4 nitrogen and oxygen atoms in total. The number of hydrogen-bond acceptors (Lipinski definition) is 4. The normalized spacial score (nSPS) is 20.6. The van der Waals surface area contributed by atoms with Crippen LogP contribution < -0.4 is 15.8 Å². The van der Waals surface area contributed by atoms with Gasteiger partial charge in [0.05, 0.1) is 0 Å². The number of ether oxygens (including phenoxy) is 1. The number of nitrogens with two attached hydrogens (primary N) is 1. The van der Waals surface area contributed by atoms with Crippen LogP contribution in [0.4, 0.5) is 0 Å². The molecule has 22 heavy (non-hydrogen) atoms. The van der Waals surface area contributed by atoms with Crippen LogP contribution in [-0.2, 0) is 6.42 Å². The van der Waals surface area contributed by atoms with Gasteiger partial charge in [0.1, 0.15) is 17.1 Å². The summed E-state index contributed by atoms with van der Waals surface area (Å²) in [5, 5.41) is 13.7. The van der Waals surface area contributed by atoms with E-state index < -0.39 is 0 Å². The maximum absolute atomic E-state index is 10.2. The Morgan fingerprint density at radius 3 is 2.59 bits per heavy atom. The first-order chi connectivity index (χ1) is 10.4. The van der Waals surface area contributed by atoms with Crippen molar-refractivity contribution in [2.75, 3.05) is 19.6 Å². The third-order valence-corrected chi connectivity index (χ3v) is 4.90. The molecule has 0 aromatic heterocycles. The van der Waals surface area contributed by atoms with Gasteiger partial charge in [-0.2, -0.15) is 0 Å². The molecule has 0 radical (unpaired) electrons. The van der Waals surface area contributed by atoms with Crippen molar-refractivity contribution < 1.29 is 9.84 Å². The number of hydrogen-bond donors (Lipinski definition) is 3. The Kier molecular flexibility index (Phi) is 5.35. The maximum atomic E-state index is 10.2. The van der Waals surface area contributed by atoms with E-state index in [1.54, 1.807) is 0 Å². The van der Waals surface area contributed by atoms with Gasteiger partial charge < -0.3 is 20.9 Å². The summed E-state index contributed by atoms with van der Waals surface area (Å²) >= 11 is 0. The van der Waals surface area contributed by atoms with Crippen molar-refractivity contribution >= 4 is 0 Å². The van der Waals surface area contributed by atoms with E-state index in [1.807, 2.05) is 20.8 Å². The predicted octanol–water partition coefficient (Wildman–Crippen LogP) is 2.73. The second kappa shape index (κ2) is 6.88. The number of fused-ring (bicyclic) bond motifs is 1. The Morgan fingerprint density at radius 2 is 1.91 bits per heavy atom. The van der Waals surface area contributed by atoms with Crippen LogP contribution in [0.25, 0.3) is 0 Å². The van der Waals surface area contributed by atoms with Gasteiger partial charge >= 0.3 is 0 Å². The zero-order valence-electron chi connectivity index (χ0n) is 14.4. The number of phenols is 1. The molecule has 1 heterocycles. The van der Waals surface area contributed by atoms with E-state index in [0.29, 0.717) is 5.75 Å². The summed E-state index contributed by atoms with van der Waals surface area (Å²) in [6.45, 7) is 10.7. The minimum atomic E-state index is -0.184. The first kappa shape index (κ1) is 17.1. The van der Waals surface area contributed by atoms with E-state index in [9.17, 15) is 5.11 Å². The minimum absolute atomic E-state index is 0.184. The van der Waals surface area contributed by atoms with E-state index in [2.05, 4.69) is 12.2 Å². The van der Waals surface area contributed by atoms with Gasteiger partial charge in [-0.3, -0.25) is 0 Å². The number of phenolic OH excluding ortho intramolecular Hbond substituents is 1. The second-order valence-corrected chi connectivity index (χ2v) is 6.76. The topological polar surface area (TPSA) is 67.5 Å². The fourth-order valence-corrected chi connectivity index (χ4v) is 3.17. The Bertz CT molecular complexity index is 543. The largest absolute Gasteiger partial charge is 0.507 e. The van der Waals surface area contributed by atoms with Crippen LogP contribution in [0.15, 0.2) is 0 Å². The predicted molar refractivity (Wildman–Crippen MR) is 90.8 cm³/mol. The molecule has 1 aromatic rings. The van der Waals surface area contributed by atoms with Crippen molar-refractivity contribution in [3.8, 4) is 11.5 Å². The zero-order valence-corrected chi connectivity index (χ0v) is 14.4. The molecule has 1 aliphatic rings. The smallest absolute Gasteiger partial charge is 0.127 e. The molecule has 1 aliphatic heterocycles. The lowest BCUT2D eigenvalue weighted by molar-refractivity contribution is 0.0634. The number of nitrogens with one attached hydrogen (secondary N) is 1. The second-order valence-electron chi connectivity index (χ2n) is 6.76. The Hall–Kier alpha value is -1.26. The van der Waals surface area contributed by atoms with E-state index in [1.165, 1.54) is 5.56 Å². The van der Waals surface area contributed by atoms with Crippen LogP contribution in [-0.4, -0.2) is 30.3 Å². The van der Waals surface area contributed by atoms with Gasteiger partial charge in [-0.05, 0) is 83.2 Å². The number of unbranched alkanes of at least 4 members (excludes halogenated alkanes) is 1. The van der Waals surface area contributed by atoms with Crippen molar-refractivity contribution in [2.24, 2.45) is 5.73 Å². The maximum Gasteiger partial charge on any atom is 0.127 e. The molecule has 2 rings (SSSR count). The summed E-state index contributed by atoms with van der Waals surface area (Å²) in [5.41, 5.74) is 9.46. The van der Waals surface area contributed by atoms with E-state index in [0.717, 1.165) is 67.8 Å². The molecule has 4 heteroatoms. The standard InChI is InChI=1S/C18H30N2O2/c1-12-13(2)17-15(14(3)16(12)21)7-8-18(4,22-17)11-20-10-6-5-9-19/h20-21H,5-11,19H2,1-4H3. The van der Waals surface area contributed by atoms with Gasteiger partial charge in [0.25, 0.3) is 0 Å². The molecular weight excluding hydrogens is 276 g/mol. The highest BCUT2D eigenvalue weighted by Crippen LogP contribution is 2.43. The van der Waals surface area contributed by atoms with Crippen molar-refractivity contribution in [3.63, 3.8) is 0 Å². The van der Waals surface area contributed by atoms with Gasteiger partial charge in [0, 0.05) is 12.1 Å². The molecule has 0 saturated carbocycles. The highest BCUT2D eigenvalue weighted by molar-refractivity contribution is 5.58. The SMILES string of the molecule is Cc1c(C)c2c(c(C)c1O)CCC(C)(CNCCCCN)O2. The highest BCUT2D eigenvalue weighted by Gasteiger charge is 2.34. The molecule has 1 atom stereocenters. The van der Waals surface area contributed by atoms with Crippen LogP contribution in [0.3, 0.4) is 0 Å². The average molecular weight is 306 g/mol. The number of benzene rings is 1. The van der Waals surface area contributed by atoms with Gasteiger partial charge in [-0.25, -0.2) is 0 Å². The Balaban J connectivity index is 2.10. The fourth-order valence-electron chi connectivity index (χ4n) is 3.17. The van der Waals surface area contributed by atoms with Crippen LogP contribution in [0.1, 0.15) is 48.4 Å². The summed E-state index contributed by atoms with van der Waals surface area (Å²) in [5.74, 6) is 1.40.